The maximum absolute atomic E-state index is 12.3. The van der Waals surface area contributed by atoms with E-state index >= 15 is 0 Å². The summed E-state index contributed by atoms with van der Waals surface area (Å²) in [5.41, 5.74) is 0.397. The molecule has 5 nitrogen and oxygen atoms in total. The van der Waals surface area contributed by atoms with Crippen molar-refractivity contribution in [3.63, 3.8) is 0 Å². The van der Waals surface area contributed by atoms with Crippen LogP contribution in [-0.4, -0.2) is 28.5 Å². The van der Waals surface area contributed by atoms with Gasteiger partial charge in [-0.05, 0) is 25.2 Å². The molecule has 0 spiro atoms. The third-order valence-electron chi connectivity index (χ3n) is 4.12. The minimum Gasteiger partial charge on any atom is -0.369 e. The Hall–Kier alpha value is -1.65. The van der Waals surface area contributed by atoms with Gasteiger partial charge in [0.15, 0.2) is 0 Å². The van der Waals surface area contributed by atoms with Gasteiger partial charge < -0.3 is 10.6 Å². The second-order valence-corrected chi connectivity index (χ2v) is 5.91. The highest BCUT2D eigenvalue weighted by atomic mass is 16.1. The van der Waals surface area contributed by atoms with Crippen LogP contribution < -0.4 is 10.6 Å². The summed E-state index contributed by atoms with van der Waals surface area (Å²) in [5, 5.41) is 6.28. The number of aromatic nitrogens is 2. The monoisotopic (exact) mass is 290 g/mol. The molecule has 0 saturated heterocycles. The number of hydrogen-bond donors (Lipinski definition) is 2. The zero-order valence-corrected chi connectivity index (χ0v) is 13.1. The van der Waals surface area contributed by atoms with Crippen LogP contribution >= 0.6 is 0 Å². The Morgan fingerprint density at radius 1 is 1.24 bits per heavy atom. The molecule has 1 heterocycles. The third kappa shape index (κ3) is 4.69. The quantitative estimate of drug-likeness (QED) is 0.818. The fourth-order valence-corrected chi connectivity index (χ4v) is 2.74. The second kappa shape index (κ2) is 7.96. The number of rotatable bonds is 5. The van der Waals surface area contributed by atoms with E-state index in [1.54, 1.807) is 12.4 Å². The van der Waals surface area contributed by atoms with E-state index in [-0.39, 0.29) is 11.9 Å². The van der Waals surface area contributed by atoms with Crippen molar-refractivity contribution >= 4 is 11.7 Å². The average molecular weight is 290 g/mol. The Bertz CT molecular complexity index is 446. The van der Waals surface area contributed by atoms with E-state index in [0.717, 1.165) is 25.2 Å². The predicted octanol–water partition coefficient (Wildman–Crippen LogP) is 3.00. The Labute approximate surface area is 127 Å². The molecule has 1 aromatic heterocycles. The van der Waals surface area contributed by atoms with Gasteiger partial charge in [0.05, 0.1) is 12.4 Å². The molecule has 116 valence electrons. The van der Waals surface area contributed by atoms with Gasteiger partial charge in [0, 0.05) is 12.6 Å². The van der Waals surface area contributed by atoms with Crippen LogP contribution in [0.15, 0.2) is 12.4 Å². The summed E-state index contributed by atoms with van der Waals surface area (Å²) < 4.78 is 0. The fourth-order valence-electron chi connectivity index (χ4n) is 2.74. The Kier molecular flexibility index (Phi) is 5.96. The molecule has 5 heteroatoms. The van der Waals surface area contributed by atoms with Crippen molar-refractivity contribution in [3.8, 4) is 0 Å². The zero-order valence-electron chi connectivity index (χ0n) is 13.1. The van der Waals surface area contributed by atoms with Gasteiger partial charge >= 0.3 is 0 Å². The first-order chi connectivity index (χ1) is 10.2. The van der Waals surface area contributed by atoms with Crippen molar-refractivity contribution in [2.45, 2.75) is 58.4 Å². The number of carbonyl (C=O) groups is 1. The van der Waals surface area contributed by atoms with E-state index in [1.807, 2.05) is 0 Å². The van der Waals surface area contributed by atoms with Gasteiger partial charge in [0.1, 0.15) is 11.5 Å². The summed E-state index contributed by atoms with van der Waals surface area (Å²) in [6, 6.07) is 0.264. The molecule has 1 fully saturated rings. The van der Waals surface area contributed by atoms with Crippen molar-refractivity contribution in [1.82, 2.24) is 15.3 Å². The lowest BCUT2D eigenvalue weighted by Gasteiger charge is -2.22. The first-order valence-corrected chi connectivity index (χ1v) is 8.07. The van der Waals surface area contributed by atoms with Crippen molar-refractivity contribution in [1.29, 1.82) is 0 Å². The number of nitrogens with one attached hydrogen (secondary N) is 2. The smallest absolute Gasteiger partial charge is 0.271 e. The van der Waals surface area contributed by atoms with Crippen LogP contribution in [0.25, 0.3) is 0 Å². The molecular weight excluding hydrogens is 264 g/mol. The van der Waals surface area contributed by atoms with Crippen molar-refractivity contribution in [2.24, 2.45) is 5.92 Å². The van der Waals surface area contributed by atoms with Crippen LogP contribution in [-0.2, 0) is 0 Å². The summed E-state index contributed by atoms with van der Waals surface area (Å²) in [4.78, 5) is 20.7. The second-order valence-electron chi connectivity index (χ2n) is 5.91. The van der Waals surface area contributed by atoms with Gasteiger partial charge in [0.2, 0.25) is 0 Å². The average Bonchev–Trinajstić information content (AvgIpc) is 2.70. The number of nitrogens with zero attached hydrogens (tertiary/aromatic N) is 2. The van der Waals surface area contributed by atoms with E-state index in [9.17, 15) is 4.79 Å². The number of carbonyl (C=O) groups excluding carboxylic acids is 1. The van der Waals surface area contributed by atoms with Gasteiger partial charge in [-0.1, -0.05) is 33.1 Å². The van der Waals surface area contributed by atoms with Crippen LogP contribution in [0.2, 0.25) is 0 Å². The van der Waals surface area contributed by atoms with Crippen LogP contribution in [0.4, 0.5) is 5.82 Å². The minimum atomic E-state index is -0.108. The van der Waals surface area contributed by atoms with Crippen molar-refractivity contribution < 1.29 is 4.79 Å². The van der Waals surface area contributed by atoms with E-state index in [0.29, 0.717) is 11.6 Å². The number of hydrogen-bond acceptors (Lipinski definition) is 4. The largest absolute Gasteiger partial charge is 0.369 e. The Balaban J connectivity index is 1.92. The molecular formula is C16H26N4O. The van der Waals surface area contributed by atoms with Crippen LogP contribution in [0.3, 0.4) is 0 Å². The molecule has 0 bridgehead atoms. The van der Waals surface area contributed by atoms with Gasteiger partial charge in [-0.25, -0.2) is 9.97 Å². The maximum atomic E-state index is 12.3. The summed E-state index contributed by atoms with van der Waals surface area (Å²) >= 11 is 0. The van der Waals surface area contributed by atoms with Gasteiger partial charge in [0.25, 0.3) is 5.91 Å². The third-order valence-corrected chi connectivity index (χ3v) is 4.12. The molecule has 2 atom stereocenters. The lowest BCUT2D eigenvalue weighted by molar-refractivity contribution is 0.0916. The SMILES string of the molecule is CCCNc1cnc(C(=O)NC2CCCCCC2C)cn1. The minimum absolute atomic E-state index is 0.108. The highest BCUT2D eigenvalue weighted by Gasteiger charge is 2.22. The molecule has 21 heavy (non-hydrogen) atoms. The molecule has 0 aliphatic heterocycles. The predicted molar refractivity (Wildman–Crippen MR) is 84.3 cm³/mol. The number of amides is 1. The molecule has 1 saturated carbocycles. The number of anilines is 1. The van der Waals surface area contributed by atoms with Crippen LogP contribution in [0.5, 0.6) is 0 Å². The standard InChI is InChI=1S/C16H26N4O/c1-3-9-17-15-11-18-14(10-19-15)16(21)20-13-8-6-4-5-7-12(13)2/h10-13H,3-9H2,1-2H3,(H,17,19)(H,20,21). The van der Waals surface area contributed by atoms with Crippen LogP contribution in [0.1, 0.15) is 62.9 Å². The lowest BCUT2D eigenvalue weighted by atomic mass is 9.97. The summed E-state index contributed by atoms with van der Waals surface area (Å²) in [5.74, 6) is 1.15. The lowest BCUT2D eigenvalue weighted by Crippen LogP contribution is -2.39. The van der Waals surface area contributed by atoms with Gasteiger partial charge in [-0.2, -0.15) is 0 Å². The van der Waals surface area contributed by atoms with Crippen molar-refractivity contribution in [3.05, 3.63) is 18.1 Å². The van der Waals surface area contributed by atoms with E-state index in [1.165, 1.54) is 25.7 Å². The van der Waals surface area contributed by atoms with E-state index in [4.69, 9.17) is 0 Å². The molecule has 0 radical (unpaired) electrons. The first kappa shape index (κ1) is 15.7. The molecule has 1 amide bonds. The molecule has 1 aliphatic carbocycles. The van der Waals surface area contributed by atoms with E-state index < -0.39 is 0 Å². The molecule has 1 aromatic rings. The summed E-state index contributed by atoms with van der Waals surface area (Å²) in [6.07, 6.45) is 10.2. The summed E-state index contributed by atoms with van der Waals surface area (Å²) in [7, 11) is 0. The van der Waals surface area contributed by atoms with Crippen LogP contribution in [0, 0.1) is 5.92 Å². The highest BCUT2D eigenvalue weighted by Crippen LogP contribution is 2.23. The van der Waals surface area contributed by atoms with Gasteiger partial charge in [-0.3, -0.25) is 4.79 Å². The highest BCUT2D eigenvalue weighted by molar-refractivity contribution is 5.92. The molecule has 2 rings (SSSR count). The molecule has 2 N–H and O–H groups in total. The topological polar surface area (TPSA) is 66.9 Å². The molecule has 0 aromatic carbocycles. The Morgan fingerprint density at radius 3 is 2.76 bits per heavy atom. The van der Waals surface area contributed by atoms with Gasteiger partial charge in [-0.15, -0.1) is 0 Å². The Morgan fingerprint density at radius 2 is 2.05 bits per heavy atom. The normalized spacial score (nSPS) is 22.4. The zero-order chi connectivity index (χ0) is 15.1. The summed E-state index contributed by atoms with van der Waals surface area (Å²) in [6.45, 7) is 5.18. The van der Waals surface area contributed by atoms with E-state index in [2.05, 4.69) is 34.4 Å². The first-order valence-electron chi connectivity index (χ1n) is 8.07. The molecule has 2 unspecified atom stereocenters. The van der Waals surface area contributed by atoms with Crippen molar-refractivity contribution in [2.75, 3.05) is 11.9 Å². The maximum Gasteiger partial charge on any atom is 0.271 e. The molecule has 1 aliphatic rings. The fraction of sp³-hybridized carbons (Fsp3) is 0.688.